The summed E-state index contributed by atoms with van der Waals surface area (Å²) < 4.78 is 0. The van der Waals surface area contributed by atoms with E-state index in [1.165, 1.54) is 0 Å². The van der Waals surface area contributed by atoms with Crippen molar-refractivity contribution in [2.45, 2.75) is 19.4 Å². The van der Waals surface area contributed by atoms with E-state index in [1.54, 1.807) is 0 Å². The number of nitrogens with zero attached hydrogens (tertiary/aromatic N) is 2. The molecule has 0 saturated carbocycles. The average Bonchev–Trinajstić information content (AvgIpc) is 2.53. The van der Waals surface area contributed by atoms with Crippen molar-refractivity contribution in [1.29, 1.82) is 0 Å². The number of aliphatic hydroxyl groups is 1. The first-order valence-electron chi connectivity index (χ1n) is 4.63. The van der Waals surface area contributed by atoms with Crippen LogP contribution in [0, 0.1) is 0 Å². The van der Waals surface area contributed by atoms with E-state index in [9.17, 15) is 0 Å². The van der Waals surface area contributed by atoms with Gasteiger partial charge in [-0.1, -0.05) is 0 Å². The molecule has 1 aromatic rings. The summed E-state index contributed by atoms with van der Waals surface area (Å²) in [6.45, 7) is 0.446. The van der Waals surface area contributed by atoms with E-state index in [2.05, 4.69) is 15.0 Å². The van der Waals surface area contributed by atoms with Crippen molar-refractivity contribution in [3.63, 3.8) is 0 Å². The first-order valence-corrected chi connectivity index (χ1v) is 4.63. The lowest BCUT2D eigenvalue weighted by atomic mass is 10.2. The predicted molar refractivity (Wildman–Crippen MR) is 57.9 cm³/mol. The molecule has 1 rings (SSSR count). The number of nitrogen functional groups attached to an aromatic ring is 1. The second kappa shape index (κ2) is 5.20. The number of anilines is 1. The van der Waals surface area contributed by atoms with Crippen LogP contribution in [-0.2, 0) is 13.0 Å². The summed E-state index contributed by atoms with van der Waals surface area (Å²) in [4.78, 5) is 10.7. The fourth-order valence-corrected chi connectivity index (χ4v) is 1.26. The third kappa shape index (κ3) is 3.47. The fourth-order valence-electron chi connectivity index (χ4n) is 1.26. The van der Waals surface area contributed by atoms with Crippen molar-refractivity contribution in [2.24, 2.45) is 16.5 Å². The second-order valence-electron chi connectivity index (χ2n) is 3.12. The molecule has 0 bridgehead atoms. The molecule has 0 atom stereocenters. The molecule has 0 aromatic carbocycles. The molecule has 0 aliphatic heterocycles. The van der Waals surface area contributed by atoms with Crippen molar-refractivity contribution < 1.29 is 5.11 Å². The van der Waals surface area contributed by atoms with Gasteiger partial charge in [0.2, 0.25) is 0 Å². The molecule has 0 saturated heterocycles. The van der Waals surface area contributed by atoms with Gasteiger partial charge in [0.15, 0.2) is 11.9 Å². The van der Waals surface area contributed by atoms with Crippen molar-refractivity contribution in [1.82, 2.24) is 9.97 Å². The molecule has 0 radical (unpaired) electrons. The number of rotatable bonds is 5. The number of aryl methyl sites for hydroxylation is 1. The third-order valence-corrected chi connectivity index (χ3v) is 1.91. The van der Waals surface area contributed by atoms with Crippen LogP contribution in [0.25, 0.3) is 0 Å². The van der Waals surface area contributed by atoms with Crippen LogP contribution in [-0.4, -0.2) is 27.6 Å². The highest BCUT2D eigenvalue weighted by Crippen LogP contribution is 2.09. The lowest BCUT2D eigenvalue weighted by Gasteiger charge is -1.97. The maximum Gasteiger partial charge on any atom is 0.197 e. The van der Waals surface area contributed by atoms with Crippen molar-refractivity contribution in [3.05, 3.63) is 11.4 Å². The minimum atomic E-state index is -0.0954. The van der Waals surface area contributed by atoms with Crippen molar-refractivity contribution in [3.8, 4) is 0 Å². The maximum absolute atomic E-state index is 8.98. The van der Waals surface area contributed by atoms with Gasteiger partial charge in [-0.05, 0) is 12.8 Å². The first-order chi connectivity index (χ1) is 7.13. The zero-order valence-corrected chi connectivity index (χ0v) is 8.40. The zero-order valence-electron chi connectivity index (χ0n) is 8.40. The second-order valence-corrected chi connectivity index (χ2v) is 3.12. The zero-order chi connectivity index (χ0) is 11.3. The van der Waals surface area contributed by atoms with Gasteiger partial charge in [-0.3, -0.25) is 4.99 Å². The molecule has 7 nitrogen and oxygen atoms in total. The molecule has 7 heteroatoms. The molecule has 15 heavy (non-hydrogen) atoms. The number of H-pyrrole nitrogens is 1. The molecular weight excluding hydrogens is 196 g/mol. The van der Waals surface area contributed by atoms with E-state index in [1.807, 2.05) is 0 Å². The molecule has 1 aromatic heterocycles. The first kappa shape index (κ1) is 11.3. The molecule has 0 fully saturated rings. The highest BCUT2D eigenvalue weighted by Gasteiger charge is 2.06. The number of hydrogen-bond donors (Lipinski definition) is 5. The van der Waals surface area contributed by atoms with Gasteiger partial charge in [0.1, 0.15) is 0 Å². The molecular formula is C8H16N6O. The molecule has 84 valence electrons. The molecule has 1 heterocycles. The van der Waals surface area contributed by atoms with Gasteiger partial charge in [-0.15, -0.1) is 0 Å². The van der Waals surface area contributed by atoms with Crippen molar-refractivity contribution >= 4 is 11.9 Å². The summed E-state index contributed by atoms with van der Waals surface area (Å²) in [7, 11) is 0. The number of nitrogens with one attached hydrogen (secondary N) is 1. The smallest absolute Gasteiger partial charge is 0.197 e. The van der Waals surface area contributed by atoms with E-state index in [-0.39, 0.29) is 12.6 Å². The van der Waals surface area contributed by atoms with Gasteiger partial charge in [-0.2, -0.15) is 0 Å². The molecule has 0 aliphatic rings. The quantitative estimate of drug-likeness (QED) is 0.234. The van der Waals surface area contributed by atoms with Crippen molar-refractivity contribution in [2.75, 3.05) is 12.3 Å². The Balaban J connectivity index is 2.46. The highest BCUT2D eigenvalue weighted by molar-refractivity contribution is 5.75. The van der Waals surface area contributed by atoms with Gasteiger partial charge in [-0.25, -0.2) is 4.98 Å². The van der Waals surface area contributed by atoms with Crippen LogP contribution in [0.5, 0.6) is 0 Å². The fraction of sp³-hybridized carbons (Fsp3) is 0.500. The minimum Gasteiger partial charge on any atom is -0.390 e. The number of aliphatic hydroxyl groups excluding tert-OH is 1. The molecule has 0 amide bonds. The predicted octanol–water partition coefficient (Wildman–Crippen LogP) is -1.31. The van der Waals surface area contributed by atoms with Gasteiger partial charge < -0.3 is 27.3 Å². The Morgan fingerprint density at radius 3 is 2.80 bits per heavy atom. The summed E-state index contributed by atoms with van der Waals surface area (Å²) in [6.07, 6.45) is 1.44. The Labute approximate surface area is 87.4 Å². The van der Waals surface area contributed by atoms with E-state index in [0.29, 0.717) is 24.6 Å². The monoisotopic (exact) mass is 212 g/mol. The van der Waals surface area contributed by atoms with Crippen LogP contribution in [0.3, 0.4) is 0 Å². The SMILES string of the molecule is NC(N)=NCCCc1nc(N)[nH]c1CO. The Morgan fingerprint density at radius 1 is 1.47 bits per heavy atom. The number of nitrogens with two attached hydrogens (primary N) is 3. The lowest BCUT2D eigenvalue weighted by molar-refractivity contribution is 0.276. The number of aromatic amines is 1. The minimum absolute atomic E-state index is 0.0823. The van der Waals surface area contributed by atoms with Crippen LogP contribution >= 0.6 is 0 Å². The van der Waals surface area contributed by atoms with Crippen LogP contribution in [0.4, 0.5) is 5.95 Å². The van der Waals surface area contributed by atoms with E-state index in [0.717, 1.165) is 12.1 Å². The molecule has 0 spiro atoms. The summed E-state index contributed by atoms with van der Waals surface area (Å²) in [5, 5.41) is 8.98. The Bertz CT molecular complexity index is 341. The summed E-state index contributed by atoms with van der Waals surface area (Å²) >= 11 is 0. The standard InChI is InChI=1S/C8H16N6O/c9-7(10)12-3-1-2-5-6(4-15)14-8(11)13-5/h15H,1-4H2,(H4,9,10,12)(H3,11,13,14). The summed E-state index contributed by atoms with van der Waals surface area (Å²) in [5.41, 5.74) is 17.2. The number of hydrogen-bond acceptors (Lipinski definition) is 4. The Morgan fingerprint density at radius 2 is 2.20 bits per heavy atom. The number of guanidine groups is 1. The van der Waals surface area contributed by atoms with Gasteiger partial charge in [0.05, 0.1) is 18.0 Å². The molecule has 0 aliphatic carbocycles. The topological polar surface area (TPSA) is 139 Å². The largest absolute Gasteiger partial charge is 0.390 e. The Kier molecular flexibility index (Phi) is 3.92. The number of imidazole rings is 1. The van der Waals surface area contributed by atoms with Crippen LogP contribution in [0.2, 0.25) is 0 Å². The highest BCUT2D eigenvalue weighted by atomic mass is 16.3. The summed E-state index contributed by atoms with van der Waals surface area (Å²) in [6, 6.07) is 0. The average molecular weight is 212 g/mol. The molecule has 0 unspecified atom stereocenters. The van der Waals surface area contributed by atoms with Crippen LogP contribution in [0.1, 0.15) is 17.8 Å². The van der Waals surface area contributed by atoms with Gasteiger partial charge in [0, 0.05) is 6.54 Å². The number of aliphatic imine (C=N–C) groups is 1. The lowest BCUT2D eigenvalue weighted by Crippen LogP contribution is -2.23. The van der Waals surface area contributed by atoms with Gasteiger partial charge in [0.25, 0.3) is 0 Å². The molecule has 8 N–H and O–H groups in total. The summed E-state index contributed by atoms with van der Waals surface area (Å²) in [5.74, 6) is 0.398. The Hall–Kier alpha value is -1.76. The van der Waals surface area contributed by atoms with Gasteiger partial charge >= 0.3 is 0 Å². The third-order valence-electron chi connectivity index (χ3n) is 1.91. The normalized spacial score (nSPS) is 10.2. The van der Waals surface area contributed by atoms with Crippen LogP contribution in [0.15, 0.2) is 4.99 Å². The van der Waals surface area contributed by atoms with Crippen LogP contribution < -0.4 is 17.2 Å². The maximum atomic E-state index is 8.98. The number of aromatic nitrogens is 2. The van der Waals surface area contributed by atoms with E-state index < -0.39 is 0 Å². The van der Waals surface area contributed by atoms with E-state index >= 15 is 0 Å². The van der Waals surface area contributed by atoms with E-state index in [4.69, 9.17) is 22.3 Å².